The maximum atomic E-state index is 14.4. The number of aromatic nitrogens is 1. The molecule has 7 heteroatoms. The van der Waals surface area contributed by atoms with Gasteiger partial charge in [0.2, 0.25) is 0 Å². The minimum absolute atomic E-state index is 0.0289. The molecule has 0 spiro atoms. The molecule has 0 fully saturated rings. The molecule has 0 saturated heterocycles. The highest BCUT2D eigenvalue weighted by Gasteiger charge is 2.40. The summed E-state index contributed by atoms with van der Waals surface area (Å²) in [6, 6.07) is 13.3. The van der Waals surface area contributed by atoms with E-state index in [1.54, 1.807) is 38.1 Å². The van der Waals surface area contributed by atoms with Crippen molar-refractivity contribution in [1.29, 1.82) is 0 Å². The van der Waals surface area contributed by atoms with Crippen LogP contribution in [0, 0.1) is 5.92 Å². The van der Waals surface area contributed by atoms with Crippen LogP contribution in [0.4, 0.5) is 13.2 Å². The molecular weight excluding hydrogens is 439 g/mol. The van der Waals surface area contributed by atoms with Gasteiger partial charge in [0, 0.05) is 23.8 Å². The molecule has 1 N–H and O–H groups in total. The van der Waals surface area contributed by atoms with Crippen LogP contribution < -0.4 is 0 Å². The Morgan fingerprint density at radius 3 is 2.31 bits per heavy atom. The number of hydrogen-bond donors (Lipinski definition) is 1. The molecule has 0 radical (unpaired) electrons. The molecule has 0 bridgehead atoms. The molecule has 1 atom stereocenters. The van der Waals surface area contributed by atoms with Gasteiger partial charge in [-0.05, 0) is 52.3 Å². The third kappa shape index (κ3) is 5.49. The molecule has 0 saturated carbocycles. The van der Waals surface area contributed by atoms with Crippen molar-refractivity contribution in [2.75, 3.05) is 0 Å². The molecule has 0 aliphatic heterocycles. The van der Waals surface area contributed by atoms with E-state index >= 15 is 0 Å². The number of carboxylic acid groups (broad SMARTS) is 1. The van der Waals surface area contributed by atoms with Crippen LogP contribution in [0.1, 0.15) is 48.4 Å². The summed E-state index contributed by atoms with van der Waals surface area (Å²) < 4.78 is 43.1. The second-order valence-electron chi connectivity index (χ2n) is 8.13. The Bertz CT molecular complexity index is 1100. The van der Waals surface area contributed by atoms with E-state index in [-0.39, 0.29) is 29.9 Å². The van der Waals surface area contributed by atoms with Crippen molar-refractivity contribution < 1.29 is 23.1 Å². The van der Waals surface area contributed by atoms with Crippen LogP contribution in [0.3, 0.4) is 0 Å². The zero-order valence-electron chi connectivity index (χ0n) is 17.7. The molecule has 0 aliphatic carbocycles. The summed E-state index contributed by atoms with van der Waals surface area (Å²) in [6.07, 6.45) is -1.88. The maximum absolute atomic E-state index is 14.4. The number of halogens is 4. The summed E-state index contributed by atoms with van der Waals surface area (Å²) in [5.74, 6) is -2.67. The van der Waals surface area contributed by atoms with E-state index in [1.807, 2.05) is 6.07 Å². The predicted molar refractivity (Wildman–Crippen MR) is 119 cm³/mol. The van der Waals surface area contributed by atoms with Crippen LogP contribution in [-0.2, 0) is 17.4 Å². The van der Waals surface area contributed by atoms with Gasteiger partial charge in [0.25, 0.3) is 0 Å². The Morgan fingerprint density at radius 2 is 1.75 bits per heavy atom. The molecule has 1 heterocycles. The van der Waals surface area contributed by atoms with Crippen LogP contribution in [0.5, 0.6) is 0 Å². The molecule has 32 heavy (non-hydrogen) atoms. The standard InChI is InChI=1S/C25H23ClF3NO2/c1-15(2)10-21(24(31)32)20-13-17(16-6-4-3-5-7-16)11-18(23(20)25(27,28)29)12-19-14-30-9-8-22(19)26/h3-9,11,13-15,21H,10,12H2,1-2H3,(H,31,32). The summed E-state index contributed by atoms with van der Waals surface area (Å²) in [5, 5.41) is 10.2. The Hall–Kier alpha value is -2.86. The van der Waals surface area contributed by atoms with Crippen molar-refractivity contribution in [1.82, 2.24) is 4.98 Å². The van der Waals surface area contributed by atoms with E-state index in [9.17, 15) is 23.1 Å². The van der Waals surface area contributed by atoms with Gasteiger partial charge in [-0.1, -0.05) is 61.8 Å². The van der Waals surface area contributed by atoms with Gasteiger partial charge in [-0.15, -0.1) is 0 Å². The van der Waals surface area contributed by atoms with Gasteiger partial charge in [0.15, 0.2) is 0 Å². The average Bonchev–Trinajstić information content (AvgIpc) is 2.72. The first-order chi connectivity index (χ1) is 15.1. The second-order valence-corrected chi connectivity index (χ2v) is 8.53. The fourth-order valence-corrected chi connectivity index (χ4v) is 4.03. The number of carboxylic acids is 1. The molecule has 168 valence electrons. The lowest BCUT2D eigenvalue weighted by Crippen LogP contribution is -2.21. The molecular formula is C25H23ClF3NO2. The lowest BCUT2D eigenvalue weighted by molar-refractivity contribution is -0.142. The van der Waals surface area contributed by atoms with E-state index in [0.29, 0.717) is 21.7 Å². The van der Waals surface area contributed by atoms with Crippen molar-refractivity contribution in [3.05, 3.63) is 88.2 Å². The van der Waals surface area contributed by atoms with Crippen molar-refractivity contribution >= 4 is 17.6 Å². The maximum Gasteiger partial charge on any atom is 0.416 e. The SMILES string of the molecule is CC(C)CC(C(=O)O)c1cc(-c2ccccc2)cc(Cc2cnccc2Cl)c1C(F)(F)F. The van der Waals surface area contributed by atoms with Crippen molar-refractivity contribution in [3.63, 3.8) is 0 Å². The number of hydrogen-bond acceptors (Lipinski definition) is 2. The summed E-state index contributed by atoms with van der Waals surface area (Å²) >= 11 is 6.20. The first-order valence-electron chi connectivity index (χ1n) is 10.2. The van der Waals surface area contributed by atoms with Gasteiger partial charge in [-0.2, -0.15) is 13.2 Å². The predicted octanol–water partition coefficient (Wildman–Crippen LogP) is 7.23. The van der Waals surface area contributed by atoms with E-state index in [4.69, 9.17) is 11.6 Å². The number of alkyl halides is 3. The highest BCUT2D eigenvalue weighted by Crippen LogP contribution is 2.43. The third-order valence-corrected chi connectivity index (χ3v) is 5.62. The number of carbonyl (C=O) groups is 1. The van der Waals surface area contributed by atoms with Crippen LogP contribution in [0.15, 0.2) is 60.9 Å². The van der Waals surface area contributed by atoms with Crippen LogP contribution in [-0.4, -0.2) is 16.1 Å². The van der Waals surface area contributed by atoms with Crippen molar-refractivity contribution in [2.45, 2.75) is 38.8 Å². The lowest BCUT2D eigenvalue weighted by atomic mass is 9.82. The van der Waals surface area contributed by atoms with E-state index in [1.165, 1.54) is 30.6 Å². The molecule has 1 unspecified atom stereocenters. The number of pyridine rings is 1. The van der Waals surface area contributed by atoms with Gasteiger partial charge < -0.3 is 5.11 Å². The van der Waals surface area contributed by atoms with Gasteiger partial charge in [0.05, 0.1) is 11.5 Å². The minimum Gasteiger partial charge on any atom is -0.481 e. The highest BCUT2D eigenvalue weighted by molar-refractivity contribution is 6.31. The highest BCUT2D eigenvalue weighted by atomic mass is 35.5. The van der Waals surface area contributed by atoms with E-state index in [2.05, 4.69) is 4.98 Å². The molecule has 3 aromatic rings. The number of rotatable bonds is 7. The zero-order valence-corrected chi connectivity index (χ0v) is 18.4. The fraction of sp³-hybridized carbons (Fsp3) is 0.280. The quantitative estimate of drug-likeness (QED) is 0.404. The fourth-order valence-electron chi connectivity index (χ4n) is 3.86. The monoisotopic (exact) mass is 461 g/mol. The van der Waals surface area contributed by atoms with Crippen LogP contribution in [0.25, 0.3) is 11.1 Å². The smallest absolute Gasteiger partial charge is 0.416 e. The summed E-state index contributed by atoms with van der Waals surface area (Å²) in [4.78, 5) is 16.1. The second kappa shape index (κ2) is 9.74. The molecule has 1 aromatic heterocycles. The van der Waals surface area contributed by atoms with Crippen LogP contribution >= 0.6 is 11.6 Å². The van der Waals surface area contributed by atoms with E-state index in [0.717, 1.165) is 0 Å². The number of nitrogens with zero attached hydrogens (tertiary/aromatic N) is 1. The Labute approximate surface area is 189 Å². The van der Waals surface area contributed by atoms with E-state index < -0.39 is 23.6 Å². The Kier molecular flexibility index (Phi) is 7.24. The minimum atomic E-state index is -4.74. The third-order valence-electron chi connectivity index (χ3n) is 5.25. The van der Waals surface area contributed by atoms with Crippen molar-refractivity contribution in [2.24, 2.45) is 5.92 Å². The van der Waals surface area contributed by atoms with Gasteiger partial charge >= 0.3 is 12.1 Å². The molecule has 3 nitrogen and oxygen atoms in total. The van der Waals surface area contributed by atoms with Gasteiger partial charge in [-0.25, -0.2) is 0 Å². The van der Waals surface area contributed by atoms with Gasteiger partial charge in [0.1, 0.15) is 0 Å². The number of benzene rings is 2. The summed E-state index contributed by atoms with van der Waals surface area (Å²) in [6.45, 7) is 3.58. The average molecular weight is 462 g/mol. The summed E-state index contributed by atoms with van der Waals surface area (Å²) in [5.41, 5.74) is 0.499. The largest absolute Gasteiger partial charge is 0.481 e. The first kappa shape index (κ1) is 23.8. The molecule has 3 rings (SSSR count). The first-order valence-corrected chi connectivity index (χ1v) is 10.6. The molecule has 2 aromatic carbocycles. The van der Waals surface area contributed by atoms with Gasteiger partial charge in [-0.3, -0.25) is 9.78 Å². The lowest BCUT2D eigenvalue weighted by Gasteiger charge is -2.24. The number of aliphatic carboxylic acids is 1. The molecule has 0 aliphatic rings. The Balaban J connectivity index is 2.32. The normalized spacial score (nSPS) is 12.7. The zero-order chi connectivity index (χ0) is 23.5. The summed E-state index contributed by atoms with van der Waals surface area (Å²) in [7, 11) is 0. The molecule has 0 amide bonds. The van der Waals surface area contributed by atoms with Crippen LogP contribution in [0.2, 0.25) is 5.02 Å². The topological polar surface area (TPSA) is 50.2 Å². The Morgan fingerprint density at radius 1 is 1.06 bits per heavy atom. The van der Waals surface area contributed by atoms with Crippen molar-refractivity contribution in [3.8, 4) is 11.1 Å².